The van der Waals surface area contributed by atoms with Gasteiger partial charge in [-0.25, -0.2) is 0 Å². The van der Waals surface area contributed by atoms with Crippen molar-refractivity contribution in [1.29, 1.82) is 5.26 Å². The molecule has 0 fully saturated rings. The van der Waals surface area contributed by atoms with E-state index in [9.17, 15) is 4.79 Å². The molecule has 0 spiro atoms. The molecule has 0 aromatic heterocycles. The first-order valence-corrected chi connectivity index (χ1v) is 5.53. The summed E-state index contributed by atoms with van der Waals surface area (Å²) in [5, 5.41) is 9.02. The van der Waals surface area contributed by atoms with Crippen LogP contribution in [0, 0.1) is 17.2 Å². The molecule has 0 aliphatic heterocycles. The number of carbonyl (C=O) groups is 1. The van der Waals surface area contributed by atoms with E-state index in [-0.39, 0.29) is 6.61 Å². The molecule has 0 saturated carbocycles. The lowest BCUT2D eigenvalue weighted by molar-refractivity contribution is -0.144. The van der Waals surface area contributed by atoms with Crippen LogP contribution in [0.2, 0.25) is 0 Å². The topological polar surface area (TPSA) is 59.3 Å². The van der Waals surface area contributed by atoms with Crippen molar-refractivity contribution >= 4 is 11.5 Å². The maximum atomic E-state index is 11.6. The minimum absolute atomic E-state index is 0.243. The monoisotopic (exact) mass is 245 g/mol. The predicted molar refractivity (Wildman–Crippen MR) is 67.8 cm³/mol. The number of hydrogen-bond acceptors (Lipinski definition) is 4. The molecule has 4 nitrogen and oxygen atoms in total. The van der Waals surface area contributed by atoms with Crippen LogP contribution in [0.4, 0.5) is 0 Å². The van der Waals surface area contributed by atoms with E-state index in [1.807, 2.05) is 6.07 Å². The van der Waals surface area contributed by atoms with Crippen LogP contribution in [0.3, 0.4) is 0 Å². The SMILES string of the molecule is C=C(c1ccc(OC)cc1)C(C#N)C(=O)OCC. The fraction of sp³-hybridized carbons (Fsp3) is 0.286. The van der Waals surface area contributed by atoms with Gasteiger partial charge in [0.2, 0.25) is 0 Å². The molecule has 1 unspecified atom stereocenters. The second kappa shape index (κ2) is 6.45. The number of nitrogens with zero attached hydrogens (tertiary/aromatic N) is 1. The second-order valence-corrected chi connectivity index (χ2v) is 3.57. The standard InChI is InChI=1S/C14H15NO3/c1-4-18-14(16)13(9-15)10(2)11-5-7-12(17-3)8-6-11/h5-8,13H,2,4H2,1,3H3. The van der Waals surface area contributed by atoms with Crippen molar-refractivity contribution in [2.75, 3.05) is 13.7 Å². The molecule has 0 bridgehead atoms. The molecule has 0 amide bonds. The Balaban J connectivity index is 2.90. The Hall–Kier alpha value is -2.28. The number of methoxy groups -OCH3 is 1. The van der Waals surface area contributed by atoms with Gasteiger partial charge in [-0.1, -0.05) is 18.7 Å². The van der Waals surface area contributed by atoms with Gasteiger partial charge >= 0.3 is 5.97 Å². The van der Waals surface area contributed by atoms with Gasteiger partial charge in [-0.05, 0) is 30.2 Å². The van der Waals surface area contributed by atoms with Gasteiger partial charge in [0, 0.05) is 0 Å². The normalized spacial score (nSPS) is 11.2. The molecular weight excluding hydrogens is 230 g/mol. The molecule has 1 atom stereocenters. The lowest BCUT2D eigenvalue weighted by Gasteiger charge is -2.12. The van der Waals surface area contributed by atoms with Crippen molar-refractivity contribution in [2.45, 2.75) is 6.92 Å². The molecule has 4 heteroatoms. The number of carbonyl (C=O) groups excluding carboxylic acids is 1. The maximum Gasteiger partial charge on any atom is 0.327 e. The van der Waals surface area contributed by atoms with Crippen molar-refractivity contribution in [3.05, 3.63) is 36.4 Å². The summed E-state index contributed by atoms with van der Waals surface area (Å²) >= 11 is 0. The van der Waals surface area contributed by atoms with Crippen LogP contribution in [0.5, 0.6) is 5.75 Å². The Labute approximate surface area is 106 Å². The zero-order chi connectivity index (χ0) is 13.5. The zero-order valence-corrected chi connectivity index (χ0v) is 10.5. The Morgan fingerprint density at radius 1 is 1.44 bits per heavy atom. The number of ether oxygens (including phenoxy) is 2. The molecule has 1 aromatic carbocycles. The van der Waals surface area contributed by atoms with Crippen LogP contribution < -0.4 is 4.74 Å². The molecule has 0 radical (unpaired) electrons. The average Bonchev–Trinajstić information content (AvgIpc) is 2.40. The van der Waals surface area contributed by atoms with Crippen LogP contribution in [0.1, 0.15) is 12.5 Å². The molecule has 1 rings (SSSR count). The van der Waals surface area contributed by atoms with E-state index >= 15 is 0 Å². The predicted octanol–water partition coefficient (Wildman–Crippen LogP) is 2.41. The highest BCUT2D eigenvalue weighted by atomic mass is 16.5. The third-order valence-electron chi connectivity index (χ3n) is 2.46. The summed E-state index contributed by atoms with van der Waals surface area (Å²) in [5.41, 5.74) is 1.15. The largest absolute Gasteiger partial charge is 0.497 e. The van der Waals surface area contributed by atoms with E-state index in [0.29, 0.717) is 11.3 Å². The summed E-state index contributed by atoms with van der Waals surface area (Å²) in [6, 6.07) is 8.92. The molecule has 18 heavy (non-hydrogen) atoms. The number of nitriles is 1. The summed E-state index contributed by atoms with van der Waals surface area (Å²) < 4.78 is 9.87. The highest BCUT2D eigenvalue weighted by Crippen LogP contribution is 2.24. The van der Waals surface area contributed by atoms with E-state index in [0.717, 1.165) is 5.56 Å². The highest BCUT2D eigenvalue weighted by Gasteiger charge is 2.23. The lowest BCUT2D eigenvalue weighted by Crippen LogP contribution is -2.17. The van der Waals surface area contributed by atoms with Gasteiger partial charge in [0.15, 0.2) is 5.92 Å². The lowest BCUT2D eigenvalue weighted by atomic mass is 9.95. The van der Waals surface area contributed by atoms with E-state index in [1.54, 1.807) is 38.3 Å². The summed E-state index contributed by atoms with van der Waals surface area (Å²) in [6.45, 7) is 5.73. The fourth-order valence-electron chi connectivity index (χ4n) is 1.47. The van der Waals surface area contributed by atoms with Gasteiger partial charge in [-0.2, -0.15) is 5.26 Å². The van der Waals surface area contributed by atoms with Crippen LogP contribution in [0.25, 0.3) is 5.57 Å². The zero-order valence-electron chi connectivity index (χ0n) is 10.5. The van der Waals surface area contributed by atoms with Crippen LogP contribution >= 0.6 is 0 Å². The first-order valence-electron chi connectivity index (χ1n) is 5.53. The molecule has 0 N–H and O–H groups in total. The van der Waals surface area contributed by atoms with Crippen molar-refractivity contribution in [3.63, 3.8) is 0 Å². The van der Waals surface area contributed by atoms with Crippen molar-refractivity contribution in [1.82, 2.24) is 0 Å². The smallest absolute Gasteiger partial charge is 0.327 e. The second-order valence-electron chi connectivity index (χ2n) is 3.57. The van der Waals surface area contributed by atoms with Gasteiger partial charge in [0.05, 0.1) is 19.8 Å². The Morgan fingerprint density at radius 3 is 2.50 bits per heavy atom. The Bertz CT molecular complexity index is 471. The molecule has 0 aliphatic rings. The number of hydrogen-bond donors (Lipinski definition) is 0. The van der Waals surface area contributed by atoms with Crippen molar-refractivity contribution < 1.29 is 14.3 Å². The molecule has 1 aromatic rings. The summed E-state index contributed by atoms with van der Waals surface area (Å²) in [4.78, 5) is 11.6. The third kappa shape index (κ3) is 3.11. The minimum Gasteiger partial charge on any atom is -0.497 e. The maximum absolute atomic E-state index is 11.6. The Morgan fingerprint density at radius 2 is 2.06 bits per heavy atom. The van der Waals surface area contributed by atoms with Gasteiger partial charge in [-0.15, -0.1) is 0 Å². The van der Waals surface area contributed by atoms with E-state index in [2.05, 4.69) is 6.58 Å². The fourth-order valence-corrected chi connectivity index (χ4v) is 1.47. The van der Waals surface area contributed by atoms with Crippen molar-refractivity contribution in [3.8, 4) is 11.8 Å². The van der Waals surface area contributed by atoms with Gasteiger partial charge in [-0.3, -0.25) is 4.79 Å². The van der Waals surface area contributed by atoms with E-state index in [1.165, 1.54) is 0 Å². The summed E-state index contributed by atoms with van der Waals surface area (Å²) in [6.07, 6.45) is 0. The molecule has 0 saturated heterocycles. The average molecular weight is 245 g/mol. The first-order chi connectivity index (χ1) is 8.63. The minimum atomic E-state index is -0.974. The quantitative estimate of drug-likeness (QED) is 0.747. The highest BCUT2D eigenvalue weighted by molar-refractivity contribution is 5.90. The summed E-state index contributed by atoms with van der Waals surface area (Å²) in [5.74, 6) is -0.838. The van der Waals surface area contributed by atoms with Crippen LogP contribution in [-0.4, -0.2) is 19.7 Å². The molecule has 0 heterocycles. The van der Waals surface area contributed by atoms with Crippen molar-refractivity contribution in [2.24, 2.45) is 5.92 Å². The Kier molecular flexibility index (Phi) is 4.94. The van der Waals surface area contributed by atoms with E-state index < -0.39 is 11.9 Å². The van der Waals surface area contributed by atoms with Gasteiger partial charge < -0.3 is 9.47 Å². The number of benzene rings is 1. The van der Waals surface area contributed by atoms with Crippen LogP contribution in [0.15, 0.2) is 30.8 Å². The first kappa shape index (κ1) is 13.8. The summed E-state index contributed by atoms with van der Waals surface area (Å²) in [7, 11) is 1.57. The molecule has 0 aliphatic carbocycles. The number of esters is 1. The van der Waals surface area contributed by atoms with E-state index in [4.69, 9.17) is 14.7 Å². The third-order valence-corrected chi connectivity index (χ3v) is 2.46. The van der Waals surface area contributed by atoms with Gasteiger partial charge in [0.25, 0.3) is 0 Å². The molecule has 94 valence electrons. The van der Waals surface area contributed by atoms with Crippen LogP contribution in [-0.2, 0) is 9.53 Å². The number of rotatable bonds is 5. The molecular formula is C14H15NO3. The van der Waals surface area contributed by atoms with Gasteiger partial charge in [0.1, 0.15) is 5.75 Å².